The van der Waals surface area contributed by atoms with E-state index < -0.39 is 10.7 Å². The SMILES string of the molecule is Cc1cccc(F)c1/C=C/[N+](=O)[O-]. The number of halogens is 1. The number of rotatable bonds is 2. The lowest BCUT2D eigenvalue weighted by molar-refractivity contribution is -0.400. The van der Waals surface area contributed by atoms with Crippen LogP contribution in [-0.4, -0.2) is 4.92 Å². The fourth-order valence-electron chi connectivity index (χ4n) is 0.991. The van der Waals surface area contributed by atoms with Crippen LogP contribution in [0.5, 0.6) is 0 Å². The van der Waals surface area contributed by atoms with Gasteiger partial charge in [-0.15, -0.1) is 0 Å². The Morgan fingerprint density at radius 1 is 1.54 bits per heavy atom. The summed E-state index contributed by atoms with van der Waals surface area (Å²) in [7, 11) is 0. The van der Waals surface area contributed by atoms with Crippen LogP contribution in [0.15, 0.2) is 24.4 Å². The van der Waals surface area contributed by atoms with Gasteiger partial charge >= 0.3 is 0 Å². The van der Waals surface area contributed by atoms with Crippen molar-refractivity contribution >= 4 is 6.08 Å². The van der Waals surface area contributed by atoms with Gasteiger partial charge in [-0.2, -0.15) is 0 Å². The van der Waals surface area contributed by atoms with Crippen LogP contribution < -0.4 is 0 Å². The van der Waals surface area contributed by atoms with E-state index in [0.717, 1.165) is 12.3 Å². The smallest absolute Gasteiger partial charge is 0.235 e. The van der Waals surface area contributed by atoms with Crippen molar-refractivity contribution in [1.29, 1.82) is 0 Å². The number of hydrogen-bond acceptors (Lipinski definition) is 2. The first-order valence-corrected chi connectivity index (χ1v) is 3.68. The lowest BCUT2D eigenvalue weighted by Gasteiger charge is -1.98. The van der Waals surface area contributed by atoms with E-state index in [4.69, 9.17) is 0 Å². The normalized spacial score (nSPS) is 10.6. The largest absolute Gasteiger partial charge is 0.259 e. The fourth-order valence-corrected chi connectivity index (χ4v) is 0.991. The van der Waals surface area contributed by atoms with Crippen LogP contribution in [0, 0.1) is 22.9 Å². The van der Waals surface area contributed by atoms with E-state index in [1.165, 1.54) is 6.07 Å². The summed E-state index contributed by atoms with van der Waals surface area (Å²) in [6, 6.07) is 4.53. The van der Waals surface area contributed by atoms with Gasteiger partial charge in [0.2, 0.25) is 6.20 Å². The Morgan fingerprint density at radius 3 is 2.77 bits per heavy atom. The molecule has 0 aliphatic heterocycles. The zero-order chi connectivity index (χ0) is 9.84. The van der Waals surface area contributed by atoms with E-state index in [1.54, 1.807) is 19.1 Å². The number of aryl methyl sites for hydroxylation is 1. The Morgan fingerprint density at radius 2 is 2.23 bits per heavy atom. The average Bonchev–Trinajstić information content (AvgIpc) is 2.03. The molecule has 1 aromatic carbocycles. The first-order valence-electron chi connectivity index (χ1n) is 3.68. The van der Waals surface area contributed by atoms with Gasteiger partial charge in [-0.3, -0.25) is 10.1 Å². The summed E-state index contributed by atoms with van der Waals surface area (Å²) in [6.45, 7) is 1.70. The minimum absolute atomic E-state index is 0.263. The summed E-state index contributed by atoms with van der Waals surface area (Å²) in [6.07, 6.45) is 1.88. The van der Waals surface area contributed by atoms with Crippen molar-refractivity contribution in [2.24, 2.45) is 0 Å². The number of hydrogen-bond donors (Lipinski definition) is 0. The Hall–Kier alpha value is -1.71. The van der Waals surface area contributed by atoms with Gasteiger partial charge in [-0.25, -0.2) is 4.39 Å². The molecule has 3 nitrogen and oxygen atoms in total. The van der Waals surface area contributed by atoms with Gasteiger partial charge in [-0.05, 0) is 18.6 Å². The summed E-state index contributed by atoms with van der Waals surface area (Å²) in [4.78, 5) is 9.37. The minimum atomic E-state index is -0.619. The average molecular weight is 181 g/mol. The van der Waals surface area contributed by atoms with Crippen LogP contribution in [0.3, 0.4) is 0 Å². The van der Waals surface area contributed by atoms with Crippen LogP contribution in [0.1, 0.15) is 11.1 Å². The lowest BCUT2D eigenvalue weighted by Crippen LogP contribution is -1.88. The molecule has 0 saturated heterocycles. The molecule has 0 bridgehead atoms. The van der Waals surface area contributed by atoms with Crippen molar-refractivity contribution in [1.82, 2.24) is 0 Å². The highest BCUT2D eigenvalue weighted by molar-refractivity contribution is 5.53. The van der Waals surface area contributed by atoms with Gasteiger partial charge in [0.1, 0.15) is 5.82 Å². The van der Waals surface area contributed by atoms with E-state index in [-0.39, 0.29) is 5.56 Å². The molecule has 0 fully saturated rings. The van der Waals surface area contributed by atoms with Crippen molar-refractivity contribution < 1.29 is 9.31 Å². The van der Waals surface area contributed by atoms with Crippen molar-refractivity contribution in [2.45, 2.75) is 6.92 Å². The van der Waals surface area contributed by atoms with E-state index >= 15 is 0 Å². The molecule has 0 N–H and O–H groups in total. The third-order valence-electron chi connectivity index (χ3n) is 1.63. The zero-order valence-corrected chi connectivity index (χ0v) is 7.03. The van der Waals surface area contributed by atoms with Crippen molar-refractivity contribution in [3.05, 3.63) is 51.5 Å². The van der Waals surface area contributed by atoms with Crippen molar-refractivity contribution in [3.8, 4) is 0 Å². The number of nitrogens with zero attached hydrogens (tertiary/aromatic N) is 1. The quantitative estimate of drug-likeness (QED) is 0.519. The molecule has 0 atom stereocenters. The molecule has 0 unspecified atom stereocenters. The first kappa shape index (κ1) is 9.38. The van der Waals surface area contributed by atoms with Gasteiger partial charge in [0.15, 0.2) is 0 Å². The molecule has 4 heteroatoms. The van der Waals surface area contributed by atoms with Crippen molar-refractivity contribution in [3.63, 3.8) is 0 Å². The number of nitro groups is 1. The second kappa shape index (κ2) is 3.80. The molecule has 1 aromatic rings. The molecule has 0 aliphatic carbocycles. The summed E-state index contributed by atoms with van der Waals surface area (Å²) in [5.74, 6) is -0.446. The van der Waals surface area contributed by atoms with E-state index in [2.05, 4.69) is 0 Å². The highest BCUT2D eigenvalue weighted by atomic mass is 19.1. The first-order chi connectivity index (χ1) is 6.11. The lowest BCUT2D eigenvalue weighted by atomic mass is 10.1. The Labute approximate surface area is 74.7 Å². The number of benzene rings is 1. The van der Waals surface area contributed by atoms with Gasteiger partial charge in [0, 0.05) is 11.6 Å². The zero-order valence-electron chi connectivity index (χ0n) is 7.03. The summed E-state index contributed by atoms with van der Waals surface area (Å²) in [5.41, 5.74) is 0.942. The van der Waals surface area contributed by atoms with Crippen LogP contribution in [0.25, 0.3) is 6.08 Å². The second-order valence-electron chi connectivity index (χ2n) is 2.57. The molecule has 0 spiro atoms. The maximum absolute atomic E-state index is 13.0. The summed E-state index contributed by atoms with van der Waals surface area (Å²) in [5, 5.41) is 9.99. The summed E-state index contributed by atoms with van der Waals surface area (Å²) < 4.78 is 13.0. The third kappa shape index (κ3) is 2.37. The second-order valence-corrected chi connectivity index (χ2v) is 2.57. The standard InChI is InChI=1S/C9H8FNO2/c1-7-3-2-4-9(10)8(7)5-6-11(12)13/h2-6H,1H3/b6-5+. The minimum Gasteiger partial charge on any atom is -0.259 e. The Kier molecular flexibility index (Phi) is 2.74. The molecule has 0 radical (unpaired) electrons. The fraction of sp³-hybridized carbons (Fsp3) is 0.111. The Bertz CT molecular complexity index is 340. The van der Waals surface area contributed by atoms with Gasteiger partial charge < -0.3 is 0 Å². The summed E-state index contributed by atoms with van der Waals surface area (Å²) >= 11 is 0. The highest BCUT2D eigenvalue weighted by Crippen LogP contribution is 2.13. The van der Waals surface area contributed by atoms with E-state index in [0.29, 0.717) is 5.56 Å². The molecule has 0 amide bonds. The van der Waals surface area contributed by atoms with Gasteiger partial charge in [0.25, 0.3) is 0 Å². The topological polar surface area (TPSA) is 43.1 Å². The molecular formula is C9H8FNO2. The molecule has 1 rings (SSSR count). The molecular weight excluding hydrogens is 173 g/mol. The van der Waals surface area contributed by atoms with Crippen LogP contribution >= 0.6 is 0 Å². The third-order valence-corrected chi connectivity index (χ3v) is 1.63. The molecule has 13 heavy (non-hydrogen) atoms. The van der Waals surface area contributed by atoms with E-state index in [1.807, 2.05) is 0 Å². The van der Waals surface area contributed by atoms with Crippen molar-refractivity contribution in [2.75, 3.05) is 0 Å². The molecule has 0 aromatic heterocycles. The predicted octanol–water partition coefficient (Wildman–Crippen LogP) is 2.38. The monoisotopic (exact) mass is 181 g/mol. The molecule has 68 valence electrons. The Balaban J connectivity index is 3.06. The van der Waals surface area contributed by atoms with Crippen LogP contribution in [-0.2, 0) is 0 Å². The molecule has 0 saturated carbocycles. The van der Waals surface area contributed by atoms with Crippen LogP contribution in [0.4, 0.5) is 4.39 Å². The highest BCUT2D eigenvalue weighted by Gasteiger charge is 2.01. The molecule has 0 aliphatic rings. The van der Waals surface area contributed by atoms with E-state index in [9.17, 15) is 14.5 Å². The van der Waals surface area contributed by atoms with Crippen LogP contribution in [0.2, 0.25) is 0 Å². The van der Waals surface area contributed by atoms with Gasteiger partial charge in [0.05, 0.1) is 4.92 Å². The maximum atomic E-state index is 13.0. The maximum Gasteiger partial charge on any atom is 0.235 e. The molecule has 0 heterocycles. The van der Waals surface area contributed by atoms with Gasteiger partial charge in [-0.1, -0.05) is 12.1 Å². The predicted molar refractivity (Wildman–Crippen MR) is 47.2 cm³/mol.